The van der Waals surface area contributed by atoms with Crippen molar-refractivity contribution in [3.63, 3.8) is 0 Å². The first-order valence-corrected chi connectivity index (χ1v) is 8.70. The summed E-state index contributed by atoms with van der Waals surface area (Å²) in [5.74, 6) is 0.990. The first-order chi connectivity index (χ1) is 11.3. The summed E-state index contributed by atoms with van der Waals surface area (Å²) in [6, 6.07) is 2.23. The van der Waals surface area contributed by atoms with Crippen LogP contribution in [0, 0.1) is 0 Å². The molecule has 1 N–H and O–H groups in total. The lowest BCUT2D eigenvalue weighted by atomic mass is 9.88. The summed E-state index contributed by atoms with van der Waals surface area (Å²) in [7, 11) is 3.76. The van der Waals surface area contributed by atoms with Crippen LogP contribution in [0.2, 0.25) is 0 Å². The van der Waals surface area contributed by atoms with Gasteiger partial charge in [-0.3, -0.25) is 0 Å². The Bertz CT molecular complexity index is 586. The van der Waals surface area contributed by atoms with Crippen LogP contribution in [0.1, 0.15) is 49.3 Å². The van der Waals surface area contributed by atoms with Crippen molar-refractivity contribution in [2.75, 3.05) is 19.5 Å². The molecule has 0 heterocycles. The highest BCUT2D eigenvalue weighted by Gasteiger charge is 2.18. The van der Waals surface area contributed by atoms with E-state index in [1.54, 1.807) is 7.11 Å². The second-order valence-corrected chi connectivity index (χ2v) is 5.86. The molecule has 0 amide bonds. The highest BCUT2D eigenvalue weighted by Crippen LogP contribution is 2.37. The molecule has 2 heteroatoms. The maximum atomic E-state index is 5.56. The summed E-state index contributed by atoms with van der Waals surface area (Å²) >= 11 is 0. The van der Waals surface area contributed by atoms with E-state index in [1.807, 2.05) is 7.05 Å². The van der Waals surface area contributed by atoms with Crippen molar-refractivity contribution in [2.24, 2.45) is 0 Å². The van der Waals surface area contributed by atoms with Gasteiger partial charge in [-0.25, -0.2) is 0 Å². The van der Waals surface area contributed by atoms with Crippen molar-refractivity contribution in [3.8, 4) is 5.75 Å². The molecule has 124 valence electrons. The van der Waals surface area contributed by atoms with Gasteiger partial charge >= 0.3 is 0 Å². The minimum Gasteiger partial charge on any atom is -0.496 e. The lowest BCUT2D eigenvalue weighted by Gasteiger charge is -2.23. The van der Waals surface area contributed by atoms with Crippen molar-refractivity contribution >= 4 is 11.8 Å². The zero-order valence-corrected chi connectivity index (χ0v) is 14.7. The Labute approximate surface area is 140 Å². The molecule has 0 saturated heterocycles. The second-order valence-electron chi connectivity index (χ2n) is 5.86. The van der Waals surface area contributed by atoms with Gasteiger partial charge in [0.05, 0.1) is 7.11 Å². The topological polar surface area (TPSA) is 21.3 Å². The van der Waals surface area contributed by atoms with E-state index in [9.17, 15) is 0 Å². The minimum atomic E-state index is 0.990. The van der Waals surface area contributed by atoms with E-state index in [4.69, 9.17) is 4.74 Å². The normalized spacial score (nSPS) is 15.3. The Hall–Kier alpha value is -1.96. The fraction of sp³-hybridized carbons (Fsp3) is 0.429. The fourth-order valence-corrected chi connectivity index (χ4v) is 3.14. The predicted octanol–water partition coefficient (Wildman–Crippen LogP) is 5.54. The van der Waals surface area contributed by atoms with E-state index >= 15 is 0 Å². The fourth-order valence-electron chi connectivity index (χ4n) is 3.14. The highest BCUT2D eigenvalue weighted by atomic mass is 16.5. The molecule has 0 radical (unpaired) electrons. The second kappa shape index (κ2) is 9.24. The largest absolute Gasteiger partial charge is 0.496 e. The van der Waals surface area contributed by atoms with Gasteiger partial charge in [0, 0.05) is 18.3 Å². The van der Waals surface area contributed by atoms with Crippen LogP contribution in [-0.4, -0.2) is 14.2 Å². The number of allylic oxidation sites excluding steroid dienone is 5. The maximum absolute atomic E-state index is 5.56. The van der Waals surface area contributed by atoms with Crippen LogP contribution >= 0.6 is 0 Å². The van der Waals surface area contributed by atoms with Gasteiger partial charge in [0.25, 0.3) is 0 Å². The molecule has 2 aliphatic rings. The van der Waals surface area contributed by atoms with Crippen molar-refractivity contribution < 1.29 is 4.74 Å². The summed E-state index contributed by atoms with van der Waals surface area (Å²) in [6.45, 7) is 2.15. The first-order valence-electron chi connectivity index (χ1n) is 8.70. The van der Waals surface area contributed by atoms with Crippen molar-refractivity contribution in [2.45, 2.75) is 45.4 Å². The zero-order valence-electron chi connectivity index (χ0n) is 14.7. The van der Waals surface area contributed by atoms with E-state index in [0.717, 1.165) is 18.6 Å². The smallest absolute Gasteiger partial charge is 0.128 e. The Morgan fingerprint density at radius 3 is 2.48 bits per heavy atom. The number of hydrogen-bond donors (Lipinski definition) is 1. The highest BCUT2D eigenvalue weighted by molar-refractivity contribution is 5.76. The average Bonchev–Trinajstić information content (AvgIpc) is 3.18. The number of ether oxygens (including phenoxy) is 1. The summed E-state index contributed by atoms with van der Waals surface area (Å²) in [5.41, 5.74) is 5.40. The number of hydrogen-bond acceptors (Lipinski definition) is 2. The van der Waals surface area contributed by atoms with Gasteiger partial charge in [-0.15, -0.1) is 0 Å². The van der Waals surface area contributed by atoms with Crippen LogP contribution in [0.3, 0.4) is 0 Å². The van der Waals surface area contributed by atoms with Crippen LogP contribution in [0.25, 0.3) is 6.08 Å². The standard InChI is InChI=1S/C16H23NO.C5H6/c1-4-5-9-14-15(18-3)11-12-8-6-7-10-13(12)16(14)17-2;1-2-4-5-3-1/h5,9,11,17H,4,6-8,10H2,1-3H3;1-4H,5H2/b9-5+;. The lowest BCUT2D eigenvalue weighted by molar-refractivity contribution is 0.413. The monoisotopic (exact) mass is 311 g/mol. The van der Waals surface area contributed by atoms with E-state index in [0.29, 0.717) is 0 Å². The number of nitrogens with one attached hydrogen (secondary N) is 1. The first kappa shape index (κ1) is 17.4. The SMILES string of the molecule is C1=CCC=C1.CC/C=C/c1c(OC)cc2c(c1NC)CCCC2. The van der Waals surface area contributed by atoms with E-state index in [-0.39, 0.29) is 0 Å². The predicted molar refractivity (Wildman–Crippen MR) is 101 cm³/mol. The van der Waals surface area contributed by atoms with Crippen LogP contribution in [0.5, 0.6) is 5.75 Å². The third-order valence-electron chi connectivity index (χ3n) is 4.30. The molecule has 0 bridgehead atoms. The Morgan fingerprint density at radius 2 is 1.91 bits per heavy atom. The molecule has 1 aromatic carbocycles. The van der Waals surface area contributed by atoms with Gasteiger partial charge in [-0.1, -0.05) is 43.4 Å². The van der Waals surface area contributed by atoms with E-state index in [2.05, 4.69) is 54.8 Å². The van der Waals surface area contributed by atoms with Gasteiger partial charge < -0.3 is 10.1 Å². The van der Waals surface area contributed by atoms with Gasteiger partial charge in [-0.2, -0.15) is 0 Å². The van der Waals surface area contributed by atoms with E-state index in [1.165, 1.54) is 48.1 Å². The van der Waals surface area contributed by atoms with Gasteiger partial charge in [0.2, 0.25) is 0 Å². The number of aryl methyl sites for hydroxylation is 1. The molecule has 0 aliphatic heterocycles. The van der Waals surface area contributed by atoms with Crippen molar-refractivity contribution in [3.05, 3.63) is 53.1 Å². The molecule has 0 saturated carbocycles. The van der Waals surface area contributed by atoms with Crippen LogP contribution in [-0.2, 0) is 12.8 Å². The molecule has 2 nitrogen and oxygen atoms in total. The average molecular weight is 311 g/mol. The number of benzene rings is 1. The number of rotatable bonds is 4. The maximum Gasteiger partial charge on any atom is 0.128 e. The zero-order chi connectivity index (χ0) is 16.5. The molecular formula is C21H29NO. The lowest BCUT2D eigenvalue weighted by Crippen LogP contribution is -2.09. The Morgan fingerprint density at radius 1 is 1.17 bits per heavy atom. The van der Waals surface area contributed by atoms with E-state index < -0.39 is 0 Å². The van der Waals surface area contributed by atoms with Crippen molar-refractivity contribution in [1.29, 1.82) is 0 Å². The van der Waals surface area contributed by atoms with Crippen LogP contribution < -0.4 is 10.1 Å². The molecule has 0 aromatic heterocycles. The van der Waals surface area contributed by atoms with Gasteiger partial charge in [0.15, 0.2) is 0 Å². The minimum absolute atomic E-state index is 0.990. The molecule has 1 aromatic rings. The quantitative estimate of drug-likeness (QED) is 0.788. The molecule has 23 heavy (non-hydrogen) atoms. The molecule has 0 spiro atoms. The summed E-state index contributed by atoms with van der Waals surface area (Å²) < 4.78 is 5.56. The third kappa shape index (κ3) is 4.51. The van der Waals surface area contributed by atoms with Crippen molar-refractivity contribution in [1.82, 2.24) is 0 Å². The summed E-state index contributed by atoms with van der Waals surface area (Å²) in [5, 5.41) is 3.38. The summed E-state index contributed by atoms with van der Waals surface area (Å²) in [4.78, 5) is 0. The molecule has 0 fully saturated rings. The molecule has 0 atom stereocenters. The van der Waals surface area contributed by atoms with Gasteiger partial charge in [0.1, 0.15) is 5.75 Å². The Kier molecular flexibility index (Phi) is 6.99. The van der Waals surface area contributed by atoms with Crippen LogP contribution in [0.15, 0.2) is 36.4 Å². The molecule has 2 aliphatic carbocycles. The number of fused-ring (bicyclic) bond motifs is 1. The van der Waals surface area contributed by atoms with Crippen LogP contribution in [0.4, 0.5) is 5.69 Å². The number of methoxy groups -OCH3 is 1. The van der Waals surface area contributed by atoms with Gasteiger partial charge in [-0.05, 0) is 55.7 Å². The Balaban J connectivity index is 0.000000326. The molecule has 0 unspecified atom stereocenters. The molecular weight excluding hydrogens is 282 g/mol. The summed E-state index contributed by atoms with van der Waals surface area (Å²) in [6.07, 6.45) is 19.9. The number of anilines is 1. The molecule has 3 rings (SSSR count). The third-order valence-corrected chi connectivity index (χ3v) is 4.30.